The maximum absolute atomic E-state index is 10.7. The summed E-state index contributed by atoms with van der Waals surface area (Å²) in [4.78, 5) is 18.9. The second kappa shape index (κ2) is 3.07. The lowest BCUT2D eigenvalue weighted by molar-refractivity contribution is 0.112. The predicted molar refractivity (Wildman–Crippen MR) is 49.1 cm³/mol. The van der Waals surface area contributed by atoms with Gasteiger partial charge in [0.2, 0.25) is 0 Å². The Bertz CT molecular complexity index is 361. The summed E-state index contributed by atoms with van der Waals surface area (Å²) in [6.07, 6.45) is 2.96. The Morgan fingerprint density at radius 2 is 2.15 bits per heavy atom. The zero-order valence-electron chi connectivity index (χ0n) is 7.25. The summed E-state index contributed by atoms with van der Waals surface area (Å²) in [7, 11) is 0. The molecule has 1 aliphatic carbocycles. The molecule has 3 nitrogen and oxygen atoms in total. The lowest BCUT2D eigenvalue weighted by atomic mass is 10.2. The van der Waals surface area contributed by atoms with E-state index in [2.05, 4.69) is 9.97 Å². The number of hydrogen-bond donors (Lipinski definition) is 0. The van der Waals surface area contributed by atoms with Gasteiger partial charge in [0.05, 0.1) is 11.3 Å². The summed E-state index contributed by atoms with van der Waals surface area (Å²) in [5.41, 5.74) is 1.29. The monoisotopic (exact) mass is 196 g/mol. The third-order valence-corrected chi connectivity index (χ3v) is 2.41. The topological polar surface area (TPSA) is 42.9 Å². The van der Waals surface area contributed by atoms with Crippen LogP contribution in [0.15, 0.2) is 0 Å². The molecule has 0 radical (unpaired) electrons. The van der Waals surface area contributed by atoms with E-state index in [4.69, 9.17) is 11.6 Å². The minimum Gasteiger partial charge on any atom is -0.298 e. The number of hydrogen-bond acceptors (Lipinski definition) is 3. The molecule has 2 rings (SSSR count). The molecule has 1 saturated carbocycles. The van der Waals surface area contributed by atoms with E-state index in [1.807, 2.05) is 0 Å². The van der Waals surface area contributed by atoms with Crippen molar-refractivity contribution in [2.75, 3.05) is 0 Å². The third-order valence-electron chi connectivity index (χ3n) is 2.12. The van der Waals surface area contributed by atoms with Crippen molar-refractivity contribution in [3.05, 3.63) is 22.2 Å². The van der Waals surface area contributed by atoms with Gasteiger partial charge in [0.15, 0.2) is 6.29 Å². The van der Waals surface area contributed by atoms with Gasteiger partial charge >= 0.3 is 0 Å². The van der Waals surface area contributed by atoms with Crippen molar-refractivity contribution in [1.29, 1.82) is 0 Å². The predicted octanol–water partition coefficient (Wildman–Crippen LogP) is 2.13. The van der Waals surface area contributed by atoms with Gasteiger partial charge in [-0.05, 0) is 19.8 Å². The van der Waals surface area contributed by atoms with Crippen LogP contribution < -0.4 is 0 Å². The van der Waals surface area contributed by atoms with Crippen LogP contribution in [0.5, 0.6) is 0 Å². The first kappa shape index (κ1) is 8.63. The number of aryl methyl sites for hydroxylation is 1. The van der Waals surface area contributed by atoms with E-state index in [1.165, 1.54) is 0 Å². The Morgan fingerprint density at radius 1 is 1.46 bits per heavy atom. The first-order valence-electron chi connectivity index (χ1n) is 4.21. The van der Waals surface area contributed by atoms with Crippen molar-refractivity contribution in [1.82, 2.24) is 9.97 Å². The maximum atomic E-state index is 10.7. The highest BCUT2D eigenvalue weighted by molar-refractivity contribution is 6.31. The van der Waals surface area contributed by atoms with E-state index in [-0.39, 0.29) is 5.15 Å². The standard InChI is InChI=1S/C9H9ClN2O/c1-5-11-8(6-2-3-6)7(4-13)9(10)12-5/h4,6H,2-3H2,1H3. The Morgan fingerprint density at radius 3 is 2.69 bits per heavy atom. The average molecular weight is 197 g/mol. The molecule has 0 unspecified atom stereocenters. The van der Waals surface area contributed by atoms with E-state index in [1.54, 1.807) is 6.92 Å². The molecule has 0 spiro atoms. The molecule has 0 atom stereocenters. The van der Waals surface area contributed by atoms with Crippen LogP contribution in [0.25, 0.3) is 0 Å². The molecule has 1 fully saturated rings. The van der Waals surface area contributed by atoms with Crippen molar-refractivity contribution in [3.8, 4) is 0 Å². The number of carbonyl (C=O) groups is 1. The molecule has 13 heavy (non-hydrogen) atoms. The van der Waals surface area contributed by atoms with Gasteiger partial charge in [-0.2, -0.15) is 0 Å². The SMILES string of the molecule is Cc1nc(Cl)c(C=O)c(C2CC2)n1. The second-order valence-corrected chi connectivity index (χ2v) is 3.61. The van der Waals surface area contributed by atoms with Crippen LogP contribution in [-0.4, -0.2) is 16.3 Å². The molecule has 1 aromatic rings. The number of rotatable bonds is 2. The number of aromatic nitrogens is 2. The van der Waals surface area contributed by atoms with Crippen molar-refractivity contribution < 1.29 is 4.79 Å². The summed E-state index contributed by atoms with van der Waals surface area (Å²) in [5.74, 6) is 1.07. The van der Waals surface area contributed by atoms with E-state index in [9.17, 15) is 4.79 Å². The van der Waals surface area contributed by atoms with Gasteiger partial charge in [0.25, 0.3) is 0 Å². The van der Waals surface area contributed by atoms with Crippen molar-refractivity contribution in [3.63, 3.8) is 0 Å². The molecule has 1 aliphatic rings. The van der Waals surface area contributed by atoms with Crippen molar-refractivity contribution in [2.45, 2.75) is 25.7 Å². The summed E-state index contributed by atoms with van der Waals surface area (Å²) in [6.45, 7) is 1.78. The highest BCUT2D eigenvalue weighted by atomic mass is 35.5. The molecule has 0 aliphatic heterocycles. The van der Waals surface area contributed by atoms with E-state index >= 15 is 0 Å². The Labute approximate surface area is 81.2 Å². The van der Waals surface area contributed by atoms with Crippen LogP contribution in [0.4, 0.5) is 0 Å². The van der Waals surface area contributed by atoms with E-state index in [0.717, 1.165) is 24.8 Å². The normalized spacial score (nSPS) is 15.8. The van der Waals surface area contributed by atoms with Crippen LogP contribution in [0, 0.1) is 6.92 Å². The van der Waals surface area contributed by atoms with Crippen molar-refractivity contribution >= 4 is 17.9 Å². The molecule has 0 aromatic carbocycles. The Balaban J connectivity index is 2.56. The minimum absolute atomic E-state index is 0.282. The molecule has 0 amide bonds. The summed E-state index contributed by atoms with van der Waals surface area (Å²) in [6, 6.07) is 0. The first-order chi connectivity index (χ1) is 6.22. The van der Waals surface area contributed by atoms with Crippen LogP contribution >= 0.6 is 11.6 Å². The fourth-order valence-electron chi connectivity index (χ4n) is 1.34. The summed E-state index contributed by atoms with van der Waals surface area (Å²) < 4.78 is 0. The van der Waals surface area contributed by atoms with Crippen LogP contribution in [0.2, 0.25) is 5.15 Å². The molecule has 1 aromatic heterocycles. The van der Waals surface area contributed by atoms with Gasteiger partial charge < -0.3 is 0 Å². The molecule has 4 heteroatoms. The fourth-order valence-corrected chi connectivity index (χ4v) is 1.61. The van der Waals surface area contributed by atoms with Crippen LogP contribution in [0.3, 0.4) is 0 Å². The zero-order chi connectivity index (χ0) is 9.42. The zero-order valence-corrected chi connectivity index (χ0v) is 8.01. The molecular weight excluding hydrogens is 188 g/mol. The number of aldehydes is 1. The second-order valence-electron chi connectivity index (χ2n) is 3.25. The van der Waals surface area contributed by atoms with Gasteiger partial charge in [-0.3, -0.25) is 4.79 Å². The largest absolute Gasteiger partial charge is 0.298 e. The molecule has 68 valence electrons. The first-order valence-corrected chi connectivity index (χ1v) is 4.59. The molecule has 0 N–H and O–H groups in total. The van der Waals surface area contributed by atoms with Gasteiger partial charge in [-0.15, -0.1) is 0 Å². The molecule has 0 bridgehead atoms. The lowest BCUT2D eigenvalue weighted by Gasteiger charge is -2.04. The highest BCUT2D eigenvalue weighted by Gasteiger charge is 2.29. The average Bonchev–Trinajstić information content (AvgIpc) is 2.85. The highest BCUT2D eigenvalue weighted by Crippen LogP contribution is 2.41. The molecule has 1 heterocycles. The minimum atomic E-state index is 0.282. The number of nitrogens with zero attached hydrogens (tertiary/aromatic N) is 2. The van der Waals surface area contributed by atoms with E-state index < -0.39 is 0 Å². The Kier molecular flexibility index (Phi) is 2.04. The van der Waals surface area contributed by atoms with Crippen LogP contribution in [-0.2, 0) is 0 Å². The third kappa shape index (κ3) is 1.56. The van der Waals surface area contributed by atoms with Crippen molar-refractivity contribution in [2.24, 2.45) is 0 Å². The van der Waals surface area contributed by atoms with E-state index in [0.29, 0.717) is 17.3 Å². The van der Waals surface area contributed by atoms with Gasteiger partial charge in [0, 0.05) is 5.92 Å². The number of halogens is 1. The molecule has 0 saturated heterocycles. The van der Waals surface area contributed by atoms with Gasteiger partial charge in [-0.25, -0.2) is 9.97 Å². The van der Waals surface area contributed by atoms with Crippen LogP contribution in [0.1, 0.15) is 40.6 Å². The molecular formula is C9H9ClN2O. The smallest absolute Gasteiger partial charge is 0.155 e. The van der Waals surface area contributed by atoms with Gasteiger partial charge in [-0.1, -0.05) is 11.6 Å². The Hall–Kier alpha value is -0.960. The number of carbonyl (C=O) groups excluding carboxylic acids is 1. The lowest BCUT2D eigenvalue weighted by Crippen LogP contribution is -2.01. The maximum Gasteiger partial charge on any atom is 0.155 e. The fraction of sp³-hybridized carbons (Fsp3) is 0.444. The summed E-state index contributed by atoms with van der Waals surface area (Å²) in [5, 5.41) is 0.282. The summed E-state index contributed by atoms with van der Waals surface area (Å²) >= 11 is 5.82. The quantitative estimate of drug-likeness (QED) is 0.538. The van der Waals surface area contributed by atoms with Gasteiger partial charge in [0.1, 0.15) is 11.0 Å².